The van der Waals surface area contributed by atoms with Crippen molar-refractivity contribution in [2.24, 2.45) is 0 Å². The van der Waals surface area contributed by atoms with Gasteiger partial charge in [-0.3, -0.25) is 0 Å². The summed E-state index contributed by atoms with van der Waals surface area (Å²) in [6.45, 7) is 0. The highest BCUT2D eigenvalue weighted by Gasteiger charge is 1.94. The number of halogens is 1. The van der Waals surface area contributed by atoms with Crippen LogP contribution in [0.1, 0.15) is 5.56 Å². The van der Waals surface area contributed by atoms with Gasteiger partial charge >= 0.3 is 0 Å². The fourth-order valence-corrected chi connectivity index (χ4v) is 1.85. The van der Waals surface area contributed by atoms with E-state index >= 15 is 0 Å². The van der Waals surface area contributed by atoms with Crippen LogP contribution in [0, 0.1) is 11.2 Å². The first-order valence-electron chi connectivity index (χ1n) is 3.30. The molecule has 0 aromatic heterocycles. The van der Waals surface area contributed by atoms with Gasteiger partial charge in [-0.05, 0) is 32.6 Å². The lowest BCUT2D eigenvalue weighted by molar-refractivity contribution is 1.42. The van der Waals surface area contributed by atoms with Gasteiger partial charge in [0.2, 0.25) is 0 Å². The third-order valence-electron chi connectivity index (χ3n) is 1.33. The molecule has 0 atom stereocenters. The van der Waals surface area contributed by atoms with E-state index < -0.39 is 0 Å². The Labute approximate surface area is 93.5 Å². The van der Waals surface area contributed by atoms with Gasteiger partial charge in [-0.25, -0.2) is 0 Å². The van der Waals surface area contributed by atoms with E-state index in [9.17, 15) is 0 Å². The predicted molar refractivity (Wildman–Crippen MR) is 66.7 cm³/mol. The SMILES string of the molecule is CSc1ccccc1C#CSI. The van der Waals surface area contributed by atoms with Gasteiger partial charge < -0.3 is 0 Å². The summed E-state index contributed by atoms with van der Waals surface area (Å²) in [5.74, 6) is 3.10. The van der Waals surface area contributed by atoms with E-state index in [1.165, 1.54) is 13.8 Å². The molecule has 0 bridgehead atoms. The smallest absolute Gasteiger partial charge is 0.0390 e. The van der Waals surface area contributed by atoms with Crippen molar-refractivity contribution in [2.45, 2.75) is 4.90 Å². The molecule has 1 aromatic carbocycles. The molecular weight excluding hydrogens is 299 g/mol. The maximum absolute atomic E-state index is 3.10. The molecule has 0 N–H and O–H groups in total. The third-order valence-corrected chi connectivity index (χ3v) is 2.97. The summed E-state index contributed by atoms with van der Waals surface area (Å²) in [7, 11) is 1.52. The summed E-state index contributed by atoms with van der Waals surface area (Å²) in [5.41, 5.74) is 1.12. The van der Waals surface area contributed by atoms with Crippen LogP contribution in [0.15, 0.2) is 29.2 Å². The van der Waals surface area contributed by atoms with Crippen LogP contribution < -0.4 is 0 Å². The molecule has 0 fully saturated rings. The molecule has 1 rings (SSSR count). The van der Waals surface area contributed by atoms with Crippen LogP contribution in [0.25, 0.3) is 0 Å². The Hall–Kier alpha value is 0.210. The van der Waals surface area contributed by atoms with Gasteiger partial charge in [0.15, 0.2) is 0 Å². The molecule has 0 unspecified atom stereocenters. The van der Waals surface area contributed by atoms with Crippen LogP contribution in [0.4, 0.5) is 0 Å². The number of rotatable bonds is 1. The largest absolute Gasteiger partial charge is 0.128 e. The standard InChI is InChI=1S/C9H7IS2/c1-11-9-5-3-2-4-8(9)6-7-12-10/h2-5H,1H3. The Bertz CT molecular complexity index is 312. The zero-order chi connectivity index (χ0) is 8.81. The van der Waals surface area contributed by atoms with Crippen molar-refractivity contribution in [1.29, 1.82) is 0 Å². The van der Waals surface area contributed by atoms with Gasteiger partial charge in [0.1, 0.15) is 0 Å². The quantitative estimate of drug-likeness (QED) is 0.440. The van der Waals surface area contributed by atoms with Crippen molar-refractivity contribution in [1.82, 2.24) is 0 Å². The highest BCUT2D eigenvalue weighted by molar-refractivity contribution is 14.2. The average Bonchev–Trinajstić information content (AvgIpc) is 2.15. The highest BCUT2D eigenvalue weighted by atomic mass is 127. The Morgan fingerprint density at radius 3 is 2.75 bits per heavy atom. The second kappa shape index (κ2) is 5.79. The van der Waals surface area contributed by atoms with Gasteiger partial charge in [0.05, 0.1) is 0 Å². The van der Waals surface area contributed by atoms with Crippen LogP contribution in [0.3, 0.4) is 0 Å². The summed E-state index contributed by atoms with van der Waals surface area (Å²) in [6, 6.07) is 8.19. The van der Waals surface area contributed by atoms with Crippen LogP contribution in [0.2, 0.25) is 0 Å². The molecule has 0 spiro atoms. The van der Waals surface area contributed by atoms with Gasteiger partial charge in [-0.15, -0.1) is 11.8 Å². The summed E-state index contributed by atoms with van der Waals surface area (Å²) in [4.78, 5) is 1.25. The second-order valence-electron chi connectivity index (χ2n) is 2.00. The Balaban J connectivity index is 2.97. The molecule has 1 aromatic rings. The molecular formula is C9H7IS2. The first-order chi connectivity index (χ1) is 5.88. The van der Waals surface area contributed by atoms with Gasteiger partial charge in [-0.1, -0.05) is 18.1 Å². The van der Waals surface area contributed by atoms with Crippen molar-refractivity contribution >= 4 is 41.9 Å². The first-order valence-corrected chi connectivity index (χ1v) is 7.88. The summed E-state index contributed by atoms with van der Waals surface area (Å²) in [6.07, 6.45) is 2.07. The minimum Gasteiger partial charge on any atom is -0.128 e. The molecule has 0 saturated heterocycles. The van der Waals surface area contributed by atoms with Crippen molar-refractivity contribution in [2.75, 3.05) is 6.26 Å². The molecule has 0 aliphatic carbocycles. The van der Waals surface area contributed by atoms with Gasteiger partial charge in [0, 0.05) is 31.7 Å². The number of thioether (sulfide) groups is 1. The molecule has 0 nitrogen and oxygen atoms in total. The summed E-state index contributed by atoms with van der Waals surface area (Å²) in [5, 5.41) is 2.98. The maximum atomic E-state index is 3.10. The monoisotopic (exact) mass is 306 g/mol. The predicted octanol–water partition coefficient (Wildman–Crippen LogP) is 3.80. The van der Waals surface area contributed by atoms with Crippen molar-refractivity contribution in [3.8, 4) is 11.2 Å². The fourth-order valence-electron chi connectivity index (χ4n) is 0.822. The Morgan fingerprint density at radius 1 is 1.33 bits per heavy atom. The number of hydrogen-bond donors (Lipinski definition) is 0. The van der Waals surface area contributed by atoms with Crippen LogP contribution >= 0.6 is 41.9 Å². The van der Waals surface area contributed by atoms with Crippen molar-refractivity contribution in [3.05, 3.63) is 29.8 Å². The van der Waals surface area contributed by atoms with Crippen LogP contribution in [-0.2, 0) is 0 Å². The van der Waals surface area contributed by atoms with Crippen LogP contribution in [0.5, 0.6) is 0 Å². The van der Waals surface area contributed by atoms with Crippen molar-refractivity contribution in [3.63, 3.8) is 0 Å². The van der Waals surface area contributed by atoms with E-state index in [0.717, 1.165) is 5.56 Å². The molecule has 0 radical (unpaired) electrons. The fraction of sp³-hybridized carbons (Fsp3) is 0.111. The first kappa shape index (κ1) is 10.3. The van der Waals surface area contributed by atoms with E-state index in [-0.39, 0.29) is 0 Å². The van der Waals surface area contributed by atoms with E-state index in [4.69, 9.17) is 0 Å². The molecule has 62 valence electrons. The highest BCUT2D eigenvalue weighted by Crippen LogP contribution is 2.19. The molecule has 0 amide bonds. The minimum absolute atomic E-state index is 1.12. The Kier molecular flexibility index (Phi) is 4.96. The minimum atomic E-state index is 1.12. The average molecular weight is 306 g/mol. The van der Waals surface area contributed by atoms with E-state index in [1.807, 2.05) is 18.2 Å². The van der Waals surface area contributed by atoms with Crippen LogP contribution in [-0.4, -0.2) is 6.26 Å². The molecule has 12 heavy (non-hydrogen) atoms. The van der Waals surface area contributed by atoms with E-state index in [1.54, 1.807) is 11.8 Å². The normalized spacial score (nSPS) is 8.83. The molecule has 0 aliphatic heterocycles. The number of hydrogen-bond acceptors (Lipinski definition) is 2. The lowest BCUT2D eigenvalue weighted by Crippen LogP contribution is -1.77. The third kappa shape index (κ3) is 2.92. The summed E-state index contributed by atoms with van der Waals surface area (Å²) >= 11 is 3.91. The Morgan fingerprint density at radius 2 is 2.08 bits per heavy atom. The number of benzene rings is 1. The lowest BCUT2D eigenvalue weighted by Gasteiger charge is -1.97. The topological polar surface area (TPSA) is 0 Å². The lowest BCUT2D eigenvalue weighted by atomic mass is 10.2. The molecule has 0 saturated carbocycles. The zero-order valence-electron chi connectivity index (χ0n) is 6.50. The second-order valence-corrected chi connectivity index (χ2v) is 4.53. The van der Waals surface area contributed by atoms with E-state index in [2.05, 4.69) is 44.7 Å². The van der Waals surface area contributed by atoms with E-state index in [0.29, 0.717) is 0 Å². The maximum Gasteiger partial charge on any atom is 0.0390 e. The molecule has 0 heterocycles. The summed E-state index contributed by atoms with van der Waals surface area (Å²) < 4.78 is 0. The van der Waals surface area contributed by atoms with Crippen molar-refractivity contribution < 1.29 is 0 Å². The van der Waals surface area contributed by atoms with Gasteiger partial charge in [-0.2, -0.15) is 0 Å². The zero-order valence-corrected chi connectivity index (χ0v) is 10.3. The molecule has 0 aliphatic rings. The van der Waals surface area contributed by atoms with Gasteiger partial charge in [0.25, 0.3) is 0 Å². The molecule has 3 heteroatoms.